The molecule has 0 radical (unpaired) electrons. The van der Waals surface area contributed by atoms with E-state index in [1.165, 1.54) is 0 Å². The highest BCUT2D eigenvalue weighted by molar-refractivity contribution is 5.87. The van der Waals surface area contributed by atoms with Crippen molar-refractivity contribution in [3.8, 4) is 0 Å². The molecule has 0 aromatic rings. The van der Waals surface area contributed by atoms with Gasteiger partial charge in [-0.15, -0.1) is 0 Å². The van der Waals surface area contributed by atoms with Crippen LogP contribution < -0.4 is 11.1 Å². The summed E-state index contributed by atoms with van der Waals surface area (Å²) >= 11 is 0. The molecule has 1 unspecified atom stereocenters. The van der Waals surface area contributed by atoms with Crippen LogP contribution in [-0.4, -0.2) is 41.6 Å². The minimum atomic E-state index is -0.544. The van der Waals surface area contributed by atoms with Gasteiger partial charge in [-0.25, -0.2) is 9.59 Å². The van der Waals surface area contributed by atoms with Gasteiger partial charge in [-0.2, -0.15) is 4.48 Å². The maximum absolute atomic E-state index is 12.6. The van der Waals surface area contributed by atoms with E-state index in [4.69, 9.17) is 5.73 Å². The summed E-state index contributed by atoms with van der Waals surface area (Å²) in [6.07, 6.45) is 5.57. The third kappa shape index (κ3) is 3.38. The number of amides is 3. The molecule has 1 heterocycles. The Labute approximate surface area is 122 Å². The Morgan fingerprint density at radius 3 is 2.55 bits per heavy atom. The molecule has 116 valence electrons. The Kier molecular flexibility index (Phi) is 6.62. The first kappa shape index (κ1) is 17.1. The minimum Gasteiger partial charge on any atom is -0.316 e. The summed E-state index contributed by atoms with van der Waals surface area (Å²) < 4.78 is -0.0961. The third-order valence-corrected chi connectivity index (χ3v) is 4.45. The van der Waals surface area contributed by atoms with E-state index in [9.17, 15) is 9.59 Å². The average molecular weight is 284 g/mol. The molecule has 5 heteroatoms. The van der Waals surface area contributed by atoms with Crippen molar-refractivity contribution < 1.29 is 14.1 Å². The highest BCUT2D eigenvalue weighted by Crippen LogP contribution is 2.29. The Balaban J connectivity index is 2.79. The van der Waals surface area contributed by atoms with E-state index in [-0.39, 0.29) is 22.5 Å². The molecule has 0 bridgehead atoms. The molecule has 5 nitrogen and oxygen atoms in total. The number of likely N-dealkylation sites (tertiary alicyclic amines) is 1. The molecular formula is C15H30N3O2+. The second-order valence-corrected chi connectivity index (χ2v) is 5.88. The van der Waals surface area contributed by atoms with E-state index in [0.29, 0.717) is 19.5 Å². The average Bonchev–Trinajstić information content (AvgIpc) is 2.84. The van der Waals surface area contributed by atoms with Gasteiger partial charge in [0.15, 0.2) is 0 Å². The molecule has 0 saturated carbocycles. The Morgan fingerprint density at radius 2 is 2.05 bits per heavy atom. The van der Waals surface area contributed by atoms with Crippen LogP contribution >= 0.6 is 0 Å². The first-order valence-electron chi connectivity index (χ1n) is 7.96. The van der Waals surface area contributed by atoms with Gasteiger partial charge in [0.2, 0.25) is 0 Å². The predicted octanol–water partition coefficient (Wildman–Crippen LogP) is 2.15. The van der Waals surface area contributed by atoms with Crippen molar-refractivity contribution in [3.63, 3.8) is 0 Å². The van der Waals surface area contributed by atoms with Gasteiger partial charge in [0.1, 0.15) is 12.1 Å². The first-order valence-corrected chi connectivity index (χ1v) is 7.96. The number of rotatable bonds is 6. The number of quaternary nitrogens is 1. The molecule has 0 aliphatic carbocycles. The number of carbonyl (C=O) groups is 2. The smallest absolute Gasteiger partial charge is 0.316 e. The maximum Gasteiger partial charge on any atom is 0.424 e. The fourth-order valence-corrected chi connectivity index (χ4v) is 2.99. The van der Waals surface area contributed by atoms with E-state index < -0.39 is 6.04 Å². The second-order valence-electron chi connectivity index (χ2n) is 5.88. The Morgan fingerprint density at radius 1 is 1.35 bits per heavy atom. The monoisotopic (exact) mass is 284 g/mol. The third-order valence-electron chi connectivity index (χ3n) is 4.45. The second kappa shape index (κ2) is 7.74. The van der Waals surface area contributed by atoms with Crippen LogP contribution in [0, 0.1) is 0 Å². The zero-order valence-electron chi connectivity index (χ0n) is 13.2. The van der Waals surface area contributed by atoms with Gasteiger partial charge in [-0.1, -0.05) is 26.7 Å². The lowest BCUT2D eigenvalue weighted by molar-refractivity contribution is -0.785. The van der Waals surface area contributed by atoms with E-state index in [1.807, 2.05) is 13.8 Å². The molecule has 0 aromatic heterocycles. The molecule has 1 fully saturated rings. The molecule has 3 amide bonds. The molecule has 1 saturated heterocycles. The highest BCUT2D eigenvalue weighted by Gasteiger charge is 2.53. The molecule has 1 rings (SSSR count). The Hall–Kier alpha value is -0.940. The number of imide groups is 1. The normalized spacial score (nSPS) is 27.3. The van der Waals surface area contributed by atoms with Crippen LogP contribution in [-0.2, 0) is 4.79 Å². The fourth-order valence-electron chi connectivity index (χ4n) is 2.99. The number of hydrogen-bond donors (Lipinski definition) is 2. The van der Waals surface area contributed by atoms with Crippen LogP contribution in [0.25, 0.3) is 0 Å². The molecule has 3 atom stereocenters. The fraction of sp³-hybridized carbons (Fsp3) is 0.867. The number of carbonyl (C=O) groups excluding carboxylic acids is 2. The molecule has 20 heavy (non-hydrogen) atoms. The summed E-state index contributed by atoms with van der Waals surface area (Å²) in [5.41, 5.74) is 5.91. The van der Waals surface area contributed by atoms with Crippen LogP contribution in [0.1, 0.15) is 59.3 Å². The number of nitrogens with two attached hydrogens (primary N) is 1. The van der Waals surface area contributed by atoms with Crippen molar-refractivity contribution in [2.24, 2.45) is 5.73 Å². The molecular weight excluding hydrogens is 254 g/mol. The van der Waals surface area contributed by atoms with Crippen molar-refractivity contribution in [2.45, 2.75) is 71.4 Å². The highest BCUT2D eigenvalue weighted by atomic mass is 16.2. The summed E-state index contributed by atoms with van der Waals surface area (Å²) in [6.45, 7) is 7.24. The van der Waals surface area contributed by atoms with Crippen molar-refractivity contribution in [1.29, 1.82) is 0 Å². The van der Waals surface area contributed by atoms with E-state index in [1.54, 1.807) is 0 Å². The van der Waals surface area contributed by atoms with E-state index >= 15 is 0 Å². The summed E-state index contributed by atoms with van der Waals surface area (Å²) in [4.78, 5) is 25.2. The SMILES string of the molecule is CCCCCNC(=O)[N+]1(C(=O)[C@@H](N)CC)CCC[C@H]1C. The number of nitrogens with one attached hydrogen (secondary N) is 1. The lowest BCUT2D eigenvalue weighted by Gasteiger charge is -2.34. The van der Waals surface area contributed by atoms with Crippen molar-refractivity contribution in [1.82, 2.24) is 5.32 Å². The van der Waals surface area contributed by atoms with Gasteiger partial charge >= 0.3 is 11.9 Å². The van der Waals surface area contributed by atoms with E-state index in [2.05, 4.69) is 12.2 Å². The number of urea groups is 1. The van der Waals surface area contributed by atoms with Crippen LogP contribution in [0.15, 0.2) is 0 Å². The summed E-state index contributed by atoms with van der Waals surface area (Å²) in [5, 5.41) is 2.95. The van der Waals surface area contributed by atoms with Gasteiger partial charge < -0.3 is 11.1 Å². The van der Waals surface area contributed by atoms with Crippen LogP contribution in [0.3, 0.4) is 0 Å². The zero-order valence-corrected chi connectivity index (χ0v) is 13.2. The van der Waals surface area contributed by atoms with Gasteiger partial charge in [-0.05, 0) is 19.8 Å². The number of nitrogens with zero attached hydrogens (tertiary/aromatic N) is 1. The standard InChI is InChI=1S/C15H29N3O2/c1-4-6-7-10-17-15(20)18(11-8-9-12(18)3)14(19)13(16)5-2/h12-13H,4-11,16H2,1-3H3/p+1/t12-,13+,18?/m1/s1. The summed E-state index contributed by atoms with van der Waals surface area (Å²) in [7, 11) is 0. The summed E-state index contributed by atoms with van der Waals surface area (Å²) in [5.74, 6) is -0.120. The van der Waals surface area contributed by atoms with Crippen molar-refractivity contribution >= 4 is 11.9 Å². The van der Waals surface area contributed by atoms with Crippen LogP contribution in [0.5, 0.6) is 0 Å². The molecule has 3 N–H and O–H groups in total. The van der Waals surface area contributed by atoms with E-state index in [0.717, 1.165) is 32.1 Å². The van der Waals surface area contributed by atoms with Crippen LogP contribution in [0.2, 0.25) is 0 Å². The lowest BCUT2D eigenvalue weighted by atomic mass is 10.1. The zero-order chi connectivity index (χ0) is 15.2. The van der Waals surface area contributed by atoms with Gasteiger partial charge in [0.25, 0.3) is 0 Å². The van der Waals surface area contributed by atoms with Gasteiger partial charge in [0, 0.05) is 19.4 Å². The predicted molar refractivity (Wildman–Crippen MR) is 80.0 cm³/mol. The largest absolute Gasteiger partial charge is 0.424 e. The minimum absolute atomic E-state index is 0.0336. The van der Waals surface area contributed by atoms with Crippen molar-refractivity contribution in [3.05, 3.63) is 0 Å². The lowest BCUT2D eigenvalue weighted by Crippen LogP contribution is -2.66. The first-order chi connectivity index (χ1) is 9.50. The quantitative estimate of drug-likeness (QED) is 0.580. The molecule has 0 spiro atoms. The number of unbranched alkanes of at least 4 members (excludes halogenated alkanes) is 2. The Bertz CT molecular complexity index is 346. The number of hydrogen-bond acceptors (Lipinski definition) is 3. The van der Waals surface area contributed by atoms with Gasteiger partial charge in [-0.3, -0.25) is 0 Å². The van der Waals surface area contributed by atoms with Crippen LogP contribution in [0.4, 0.5) is 4.79 Å². The van der Waals surface area contributed by atoms with Gasteiger partial charge in [0.05, 0.1) is 6.54 Å². The maximum atomic E-state index is 12.6. The molecule has 1 aliphatic heterocycles. The molecule has 1 aliphatic rings. The molecule has 0 aromatic carbocycles. The van der Waals surface area contributed by atoms with Crippen molar-refractivity contribution in [2.75, 3.05) is 13.1 Å². The topological polar surface area (TPSA) is 72.2 Å². The summed E-state index contributed by atoms with van der Waals surface area (Å²) in [6, 6.07) is -0.664.